The van der Waals surface area contributed by atoms with Gasteiger partial charge in [0.15, 0.2) is 11.5 Å². The maximum absolute atomic E-state index is 13.6. The Labute approximate surface area is 225 Å². The van der Waals surface area contributed by atoms with Gasteiger partial charge in [-0.3, -0.25) is 19.3 Å². The number of carbonyl (C=O) groups excluding carboxylic acids is 3. The summed E-state index contributed by atoms with van der Waals surface area (Å²) in [5, 5.41) is 2.02. The van der Waals surface area contributed by atoms with E-state index in [4.69, 9.17) is 9.47 Å². The van der Waals surface area contributed by atoms with Crippen LogP contribution in [0.4, 0.5) is 5.69 Å². The molecular formula is C29H29N3O5S. The number of nitrogens with zero attached hydrogens (tertiary/aromatic N) is 3. The summed E-state index contributed by atoms with van der Waals surface area (Å²) < 4.78 is 10.8. The number of hydrogen-bond acceptors (Lipinski definition) is 7. The van der Waals surface area contributed by atoms with Gasteiger partial charge in [0.05, 0.1) is 35.3 Å². The second kappa shape index (κ2) is 9.79. The second-order valence-electron chi connectivity index (χ2n) is 10.0. The first-order valence-corrected chi connectivity index (χ1v) is 13.7. The minimum absolute atomic E-state index is 0.00258. The minimum atomic E-state index is -0.310. The van der Waals surface area contributed by atoms with Crippen molar-refractivity contribution >= 4 is 34.7 Å². The number of benzene rings is 2. The fourth-order valence-electron chi connectivity index (χ4n) is 5.54. The number of piperidine rings is 1. The zero-order valence-electron chi connectivity index (χ0n) is 21.4. The van der Waals surface area contributed by atoms with Crippen LogP contribution in [0.15, 0.2) is 53.9 Å². The molecule has 9 heteroatoms. The number of fused-ring (bicyclic) bond motifs is 2. The molecule has 0 unspecified atom stereocenters. The van der Waals surface area contributed by atoms with Crippen LogP contribution in [0.5, 0.6) is 11.5 Å². The highest BCUT2D eigenvalue weighted by Crippen LogP contribution is 2.37. The van der Waals surface area contributed by atoms with Crippen LogP contribution in [-0.4, -0.2) is 54.5 Å². The van der Waals surface area contributed by atoms with Crippen LogP contribution in [0.1, 0.15) is 57.0 Å². The third-order valence-electron chi connectivity index (χ3n) is 7.75. The lowest BCUT2D eigenvalue weighted by molar-refractivity contribution is -0.136. The second-order valence-corrected chi connectivity index (χ2v) is 11.0. The van der Waals surface area contributed by atoms with Gasteiger partial charge in [-0.25, -0.2) is 0 Å². The SMILES string of the molecule is C[C@@H](c1cccs1)N(C)C(=O)[C@@H]1CCCN(c2cccc3c2C(=O)N(Cc2ccc4c(c2)OCO4)C3=O)C1. The van der Waals surface area contributed by atoms with Crippen molar-refractivity contribution in [3.63, 3.8) is 0 Å². The maximum Gasteiger partial charge on any atom is 0.263 e. The summed E-state index contributed by atoms with van der Waals surface area (Å²) in [6.07, 6.45) is 1.64. The molecule has 3 amide bonds. The Kier molecular flexibility index (Phi) is 6.31. The summed E-state index contributed by atoms with van der Waals surface area (Å²) in [4.78, 5) is 46.7. The van der Waals surface area contributed by atoms with Gasteiger partial charge in [0.2, 0.25) is 12.7 Å². The summed E-state index contributed by atoms with van der Waals surface area (Å²) in [5.41, 5.74) is 2.34. The lowest BCUT2D eigenvalue weighted by atomic mass is 9.94. The average Bonchev–Trinajstić information content (AvgIpc) is 3.70. The van der Waals surface area contributed by atoms with Gasteiger partial charge in [-0.15, -0.1) is 11.3 Å². The molecule has 1 aromatic heterocycles. The lowest BCUT2D eigenvalue weighted by Gasteiger charge is -2.37. The highest BCUT2D eigenvalue weighted by Gasteiger charge is 2.40. The predicted molar refractivity (Wildman–Crippen MR) is 144 cm³/mol. The third-order valence-corrected chi connectivity index (χ3v) is 8.79. The van der Waals surface area contributed by atoms with E-state index in [9.17, 15) is 14.4 Å². The van der Waals surface area contributed by atoms with Crippen LogP contribution in [0.2, 0.25) is 0 Å². The van der Waals surface area contributed by atoms with Crippen LogP contribution in [0, 0.1) is 5.92 Å². The van der Waals surface area contributed by atoms with Crippen LogP contribution in [-0.2, 0) is 11.3 Å². The monoisotopic (exact) mass is 531 g/mol. The molecule has 1 saturated heterocycles. The molecule has 6 rings (SSSR count). The van der Waals surface area contributed by atoms with Gasteiger partial charge in [-0.05, 0) is 61.0 Å². The zero-order chi connectivity index (χ0) is 26.4. The summed E-state index contributed by atoms with van der Waals surface area (Å²) in [7, 11) is 1.86. The molecule has 0 saturated carbocycles. The average molecular weight is 532 g/mol. The molecule has 3 aromatic rings. The zero-order valence-corrected chi connectivity index (χ0v) is 22.2. The summed E-state index contributed by atoms with van der Waals surface area (Å²) >= 11 is 1.65. The number of thiophene rings is 1. The van der Waals surface area contributed by atoms with E-state index < -0.39 is 0 Å². The highest BCUT2D eigenvalue weighted by molar-refractivity contribution is 7.10. The number of hydrogen-bond donors (Lipinski definition) is 0. The molecule has 4 heterocycles. The normalized spacial score (nSPS) is 19.1. The van der Waals surface area contributed by atoms with E-state index in [1.165, 1.54) is 4.90 Å². The van der Waals surface area contributed by atoms with Crippen molar-refractivity contribution in [2.75, 3.05) is 31.8 Å². The van der Waals surface area contributed by atoms with Gasteiger partial charge < -0.3 is 19.3 Å². The molecule has 0 bridgehead atoms. The predicted octanol–water partition coefficient (Wildman–Crippen LogP) is 4.71. The molecule has 0 spiro atoms. The minimum Gasteiger partial charge on any atom is -0.454 e. The van der Waals surface area contributed by atoms with Crippen LogP contribution < -0.4 is 14.4 Å². The molecule has 2 atom stereocenters. The first kappa shape index (κ1) is 24.5. The largest absolute Gasteiger partial charge is 0.454 e. The summed E-state index contributed by atoms with van der Waals surface area (Å²) in [6, 6.07) is 14.9. The smallest absolute Gasteiger partial charge is 0.263 e. The van der Waals surface area contributed by atoms with Crippen LogP contribution in [0.25, 0.3) is 0 Å². The molecular weight excluding hydrogens is 502 g/mol. The topological polar surface area (TPSA) is 79.4 Å². The number of amides is 3. The molecule has 0 radical (unpaired) electrons. The van der Waals surface area contributed by atoms with Crippen LogP contribution >= 0.6 is 11.3 Å². The first-order valence-electron chi connectivity index (χ1n) is 12.8. The van der Waals surface area contributed by atoms with E-state index in [1.54, 1.807) is 29.5 Å². The maximum atomic E-state index is 13.6. The first-order chi connectivity index (χ1) is 18.4. The Morgan fingerprint density at radius 1 is 1.11 bits per heavy atom. The molecule has 38 heavy (non-hydrogen) atoms. The summed E-state index contributed by atoms with van der Waals surface area (Å²) in [6.45, 7) is 3.61. The molecule has 0 N–H and O–H groups in total. The molecule has 1 fully saturated rings. The molecule has 196 valence electrons. The van der Waals surface area contributed by atoms with Crippen molar-refractivity contribution in [3.8, 4) is 11.5 Å². The van der Waals surface area contributed by atoms with E-state index in [0.29, 0.717) is 29.2 Å². The van der Waals surface area contributed by atoms with Gasteiger partial charge in [-0.1, -0.05) is 18.2 Å². The fourth-order valence-corrected chi connectivity index (χ4v) is 6.37. The van der Waals surface area contributed by atoms with Gasteiger partial charge in [-0.2, -0.15) is 0 Å². The van der Waals surface area contributed by atoms with E-state index in [-0.39, 0.29) is 43.0 Å². The Bertz CT molecular complexity index is 1410. The van der Waals surface area contributed by atoms with Crippen molar-refractivity contribution in [1.29, 1.82) is 0 Å². The van der Waals surface area contributed by atoms with Crippen molar-refractivity contribution in [1.82, 2.24) is 9.80 Å². The quantitative estimate of drug-likeness (QED) is 0.429. The number of carbonyl (C=O) groups is 3. The Hall–Kier alpha value is -3.85. The van der Waals surface area contributed by atoms with Gasteiger partial charge in [0.25, 0.3) is 11.8 Å². The highest BCUT2D eigenvalue weighted by atomic mass is 32.1. The van der Waals surface area contributed by atoms with E-state index in [0.717, 1.165) is 35.5 Å². The Balaban J connectivity index is 1.21. The molecule has 2 aromatic carbocycles. The van der Waals surface area contributed by atoms with Gasteiger partial charge in [0.1, 0.15) is 0 Å². The van der Waals surface area contributed by atoms with Crippen molar-refractivity contribution in [3.05, 3.63) is 75.5 Å². The standard InChI is InChI=1S/C29H29N3O5S/c1-18(25-9-5-13-38-25)30(2)27(33)20-6-4-12-31(16-20)22-8-3-7-21-26(22)29(35)32(28(21)34)15-19-10-11-23-24(14-19)37-17-36-23/h3,5,7-11,13-14,18,20H,4,6,12,15-17H2,1-2H3/t18-,20+/m0/s1. The number of ether oxygens (including phenoxy) is 2. The van der Waals surface area contributed by atoms with E-state index in [2.05, 4.69) is 11.0 Å². The lowest BCUT2D eigenvalue weighted by Crippen LogP contribution is -2.44. The van der Waals surface area contributed by atoms with Gasteiger partial charge in [0, 0.05) is 25.0 Å². The summed E-state index contributed by atoms with van der Waals surface area (Å²) in [5.74, 6) is 0.581. The number of imide groups is 1. The third kappa shape index (κ3) is 4.20. The molecule has 8 nitrogen and oxygen atoms in total. The van der Waals surface area contributed by atoms with Crippen molar-refractivity contribution < 1.29 is 23.9 Å². The van der Waals surface area contributed by atoms with Crippen LogP contribution in [0.3, 0.4) is 0 Å². The van der Waals surface area contributed by atoms with Crippen molar-refractivity contribution in [2.24, 2.45) is 5.92 Å². The molecule has 3 aliphatic rings. The van der Waals surface area contributed by atoms with E-state index in [1.807, 2.05) is 48.5 Å². The Morgan fingerprint density at radius 2 is 1.95 bits per heavy atom. The fraction of sp³-hybridized carbons (Fsp3) is 0.345. The van der Waals surface area contributed by atoms with Crippen molar-refractivity contribution in [2.45, 2.75) is 32.4 Å². The Morgan fingerprint density at radius 3 is 2.76 bits per heavy atom. The van der Waals surface area contributed by atoms with E-state index >= 15 is 0 Å². The number of rotatable bonds is 6. The van der Waals surface area contributed by atoms with Gasteiger partial charge >= 0.3 is 0 Å². The number of anilines is 1. The molecule has 3 aliphatic heterocycles. The molecule has 0 aliphatic carbocycles.